The van der Waals surface area contributed by atoms with Crippen LogP contribution in [-0.2, 0) is 4.79 Å². The molecular formula is C25H23FN4O5. The molecule has 0 aromatic heterocycles. The highest BCUT2D eigenvalue weighted by Gasteiger charge is 2.19. The standard InChI is InChI=1S/C25H23FN4O5/c1-29(2)17-10-8-16(9-11-17)14-22(28-24(31)19-6-4-5-7-20(19)26)25(32)27-21-13-12-18(30(33)34)15-23(21)35-3/h4-15H,1-3H3,(H,27,32)(H,28,31)/b22-14-. The molecule has 9 nitrogen and oxygen atoms in total. The van der Waals surface area contributed by atoms with E-state index in [1.54, 1.807) is 12.1 Å². The molecule has 0 aliphatic carbocycles. The van der Waals surface area contributed by atoms with Crippen LogP contribution in [0.5, 0.6) is 5.75 Å². The monoisotopic (exact) mass is 478 g/mol. The molecule has 2 N–H and O–H groups in total. The molecule has 0 heterocycles. The maximum absolute atomic E-state index is 14.1. The Kier molecular flexibility index (Phi) is 7.77. The summed E-state index contributed by atoms with van der Waals surface area (Å²) in [4.78, 5) is 38.2. The van der Waals surface area contributed by atoms with Gasteiger partial charge in [0.1, 0.15) is 17.3 Å². The van der Waals surface area contributed by atoms with Crippen molar-refractivity contribution in [3.05, 3.63) is 99.5 Å². The summed E-state index contributed by atoms with van der Waals surface area (Å²) in [5.41, 5.74) is 1.06. The first kappa shape index (κ1) is 24.9. The third-order valence-corrected chi connectivity index (χ3v) is 4.98. The summed E-state index contributed by atoms with van der Waals surface area (Å²) in [6, 6.07) is 16.2. The number of non-ortho nitro benzene ring substituents is 1. The van der Waals surface area contributed by atoms with Gasteiger partial charge in [-0.1, -0.05) is 24.3 Å². The number of hydrogen-bond donors (Lipinski definition) is 2. The van der Waals surface area contributed by atoms with Crippen LogP contribution in [-0.4, -0.2) is 37.9 Å². The molecule has 0 aliphatic heterocycles. The zero-order valence-corrected chi connectivity index (χ0v) is 19.2. The summed E-state index contributed by atoms with van der Waals surface area (Å²) < 4.78 is 19.3. The molecule has 0 unspecified atom stereocenters. The molecule has 0 spiro atoms. The van der Waals surface area contributed by atoms with Gasteiger partial charge in [-0.15, -0.1) is 0 Å². The molecule has 35 heavy (non-hydrogen) atoms. The van der Waals surface area contributed by atoms with Crippen LogP contribution in [0.3, 0.4) is 0 Å². The van der Waals surface area contributed by atoms with Crippen molar-refractivity contribution < 1.29 is 23.6 Å². The molecule has 0 saturated carbocycles. The summed E-state index contributed by atoms with van der Waals surface area (Å²) in [5, 5.41) is 16.1. The smallest absolute Gasteiger partial charge is 0.273 e. The molecule has 3 aromatic rings. The van der Waals surface area contributed by atoms with E-state index in [0.717, 1.165) is 17.8 Å². The number of nitro benzene ring substituents is 1. The third kappa shape index (κ3) is 6.20. The molecule has 0 fully saturated rings. The van der Waals surface area contributed by atoms with Gasteiger partial charge in [0.25, 0.3) is 17.5 Å². The first-order valence-corrected chi connectivity index (χ1v) is 10.4. The fraction of sp³-hybridized carbons (Fsp3) is 0.120. The average molecular weight is 478 g/mol. The van der Waals surface area contributed by atoms with Crippen LogP contribution < -0.4 is 20.3 Å². The molecule has 0 atom stereocenters. The van der Waals surface area contributed by atoms with Gasteiger partial charge in [0.05, 0.1) is 29.4 Å². The van der Waals surface area contributed by atoms with Gasteiger partial charge in [0, 0.05) is 25.8 Å². The highest BCUT2D eigenvalue weighted by Crippen LogP contribution is 2.29. The summed E-state index contributed by atoms with van der Waals surface area (Å²) in [5.74, 6) is -2.23. The lowest BCUT2D eigenvalue weighted by Crippen LogP contribution is -2.31. The van der Waals surface area contributed by atoms with Crippen LogP contribution in [0.25, 0.3) is 6.08 Å². The zero-order valence-electron chi connectivity index (χ0n) is 19.2. The Labute approximate surface area is 201 Å². The molecule has 0 radical (unpaired) electrons. The minimum absolute atomic E-state index is 0.0580. The van der Waals surface area contributed by atoms with Gasteiger partial charge in [-0.3, -0.25) is 19.7 Å². The van der Waals surface area contributed by atoms with Crippen molar-refractivity contribution in [2.75, 3.05) is 31.4 Å². The number of nitrogens with zero attached hydrogens (tertiary/aromatic N) is 2. The number of anilines is 2. The Bertz CT molecular complexity index is 1290. The topological polar surface area (TPSA) is 114 Å². The molecule has 0 saturated heterocycles. The van der Waals surface area contributed by atoms with Crippen LogP contribution in [0.1, 0.15) is 15.9 Å². The lowest BCUT2D eigenvalue weighted by Gasteiger charge is -2.14. The molecule has 180 valence electrons. The van der Waals surface area contributed by atoms with Gasteiger partial charge in [-0.05, 0) is 42.0 Å². The van der Waals surface area contributed by atoms with Crippen LogP contribution in [0.15, 0.2) is 72.4 Å². The Morgan fingerprint density at radius 1 is 1.06 bits per heavy atom. The van der Waals surface area contributed by atoms with Gasteiger partial charge >= 0.3 is 0 Å². The highest BCUT2D eigenvalue weighted by molar-refractivity contribution is 6.11. The third-order valence-electron chi connectivity index (χ3n) is 4.98. The van der Waals surface area contributed by atoms with E-state index in [9.17, 15) is 24.1 Å². The van der Waals surface area contributed by atoms with Crippen molar-refractivity contribution in [2.45, 2.75) is 0 Å². The number of carbonyl (C=O) groups excluding carboxylic acids is 2. The minimum atomic E-state index is -0.815. The second-order valence-electron chi connectivity index (χ2n) is 7.57. The number of methoxy groups -OCH3 is 1. The minimum Gasteiger partial charge on any atom is -0.494 e. The maximum atomic E-state index is 14.1. The number of nitrogens with one attached hydrogen (secondary N) is 2. The SMILES string of the molecule is COc1cc([N+](=O)[O-])ccc1NC(=O)/C(=C/c1ccc(N(C)C)cc1)NC(=O)c1ccccc1F. The van der Waals surface area contributed by atoms with Gasteiger partial charge in [0.15, 0.2) is 0 Å². The molecule has 0 bridgehead atoms. The Hall–Kier alpha value is -4.73. The molecule has 3 rings (SSSR count). The van der Waals surface area contributed by atoms with E-state index in [0.29, 0.717) is 5.56 Å². The first-order chi connectivity index (χ1) is 16.7. The number of ether oxygens (including phenoxy) is 1. The molecule has 10 heteroatoms. The lowest BCUT2D eigenvalue weighted by atomic mass is 10.1. The van der Waals surface area contributed by atoms with E-state index in [1.165, 1.54) is 43.5 Å². The first-order valence-electron chi connectivity index (χ1n) is 10.4. The quantitative estimate of drug-likeness (QED) is 0.285. The highest BCUT2D eigenvalue weighted by atomic mass is 19.1. The van der Waals surface area contributed by atoms with Gasteiger partial charge in [-0.25, -0.2) is 4.39 Å². The van der Waals surface area contributed by atoms with Crippen molar-refractivity contribution >= 4 is 35.0 Å². The zero-order chi connectivity index (χ0) is 25.5. The second kappa shape index (κ2) is 10.9. The lowest BCUT2D eigenvalue weighted by molar-refractivity contribution is -0.384. The van der Waals surface area contributed by atoms with Gasteiger partial charge < -0.3 is 20.3 Å². The normalized spacial score (nSPS) is 10.9. The van der Waals surface area contributed by atoms with Crippen molar-refractivity contribution in [1.82, 2.24) is 5.32 Å². The maximum Gasteiger partial charge on any atom is 0.273 e. The van der Waals surface area contributed by atoms with Crippen LogP contribution in [0, 0.1) is 15.9 Å². The van der Waals surface area contributed by atoms with E-state index in [-0.39, 0.29) is 28.4 Å². The molecule has 2 amide bonds. The van der Waals surface area contributed by atoms with E-state index >= 15 is 0 Å². The Morgan fingerprint density at radius 2 is 1.74 bits per heavy atom. The Balaban J connectivity index is 1.95. The van der Waals surface area contributed by atoms with Crippen molar-refractivity contribution in [1.29, 1.82) is 0 Å². The van der Waals surface area contributed by atoms with E-state index < -0.39 is 22.6 Å². The fourth-order valence-electron chi connectivity index (χ4n) is 3.12. The number of benzene rings is 3. The number of carbonyl (C=O) groups is 2. The van der Waals surface area contributed by atoms with Crippen LogP contribution >= 0.6 is 0 Å². The van der Waals surface area contributed by atoms with Crippen LogP contribution in [0.4, 0.5) is 21.5 Å². The molecule has 3 aromatic carbocycles. The van der Waals surface area contributed by atoms with Crippen LogP contribution in [0.2, 0.25) is 0 Å². The van der Waals surface area contributed by atoms with E-state index in [1.807, 2.05) is 31.1 Å². The predicted molar refractivity (Wildman–Crippen MR) is 131 cm³/mol. The number of hydrogen-bond acceptors (Lipinski definition) is 6. The van der Waals surface area contributed by atoms with Crippen molar-refractivity contribution in [3.8, 4) is 5.75 Å². The summed E-state index contributed by atoms with van der Waals surface area (Å²) in [6.07, 6.45) is 1.44. The fourth-order valence-corrected chi connectivity index (χ4v) is 3.12. The van der Waals surface area contributed by atoms with E-state index in [4.69, 9.17) is 4.74 Å². The summed E-state index contributed by atoms with van der Waals surface area (Å²) in [6.45, 7) is 0. The number of amides is 2. The van der Waals surface area contributed by atoms with Crippen molar-refractivity contribution in [2.24, 2.45) is 0 Å². The summed E-state index contributed by atoms with van der Waals surface area (Å²) >= 11 is 0. The Morgan fingerprint density at radius 3 is 2.34 bits per heavy atom. The van der Waals surface area contributed by atoms with Crippen molar-refractivity contribution in [3.63, 3.8) is 0 Å². The number of nitro groups is 1. The molecule has 0 aliphatic rings. The predicted octanol–water partition coefficient (Wildman–Crippen LogP) is 4.22. The largest absolute Gasteiger partial charge is 0.494 e. The van der Waals surface area contributed by atoms with E-state index in [2.05, 4.69) is 10.6 Å². The molecular weight excluding hydrogens is 455 g/mol. The van der Waals surface area contributed by atoms with Gasteiger partial charge in [0.2, 0.25) is 0 Å². The number of halogens is 1. The second-order valence-corrected chi connectivity index (χ2v) is 7.57. The van der Waals surface area contributed by atoms with Gasteiger partial charge in [-0.2, -0.15) is 0 Å². The number of rotatable bonds is 8. The summed E-state index contributed by atoms with van der Waals surface area (Å²) in [7, 11) is 5.07. The average Bonchev–Trinajstić information content (AvgIpc) is 2.84.